The van der Waals surface area contributed by atoms with Crippen molar-refractivity contribution < 1.29 is 9.90 Å². The van der Waals surface area contributed by atoms with Crippen LogP contribution in [-0.2, 0) is 0 Å². The number of carboxylic acid groups (broad SMARTS) is 1. The van der Waals surface area contributed by atoms with Crippen LogP contribution in [0.25, 0.3) is 0 Å². The fraction of sp³-hybridized carbons (Fsp3) is 0.100. The van der Waals surface area contributed by atoms with E-state index in [1.54, 1.807) is 6.07 Å². The molecule has 0 radical (unpaired) electrons. The minimum Gasteiger partial charge on any atom is -0.478 e. The van der Waals surface area contributed by atoms with E-state index in [0.717, 1.165) is 9.13 Å². The Balaban J connectivity index is 3.41. The number of benzene rings is 1. The molecule has 66 valence electrons. The van der Waals surface area contributed by atoms with Crippen LogP contribution in [0.3, 0.4) is 0 Å². The molecule has 0 spiro atoms. The Morgan fingerprint density at radius 2 is 2.23 bits per heavy atom. The van der Waals surface area contributed by atoms with Crippen molar-refractivity contribution in [1.82, 2.24) is 0 Å². The molecule has 0 amide bonds. The summed E-state index contributed by atoms with van der Waals surface area (Å²) >= 11 is 2.07. The molecule has 0 aliphatic carbocycles. The van der Waals surface area contributed by atoms with Crippen LogP contribution in [0.2, 0.25) is 0 Å². The minimum atomic E-state index is -0.950. The van der Waals surface area contributed by atoms with Gasteiger partial charge >= 0.3 is 5.97 Å². The first kappa shape index (κ1) is 10.1. The quantitative estimate of drug-likeness (QED) is 0.635. The van der Waals surface area contributed by atoms with E-state index in [-0.39, 0.29) is 5.56 Å². The highest BCUT2D eigenvalue weighted by Crippen LogP contribution is 2.18. The zero-order valence-electron chi connectivity index (χ0n) is 6.97. The standard InChI is InChI=1S/C10H7IO2/c1-3-7-4-8(10(12)13)5-9(11)6(7)2/h1,4-5H,2H3,(H,12,13). The van der Waals surface area contributed by atoms with Crippen LogP contribution in [0, 0.1) is 22.8 Å². The van der Waals surface area contributed by atoms with E-state index in [1.165, 1.54) is 6.07 Å². The molecule has 0 heterocycles. The summed E-state index contributed by atoms with van der Waals surface area (Å²) in [6.45, 7) is 1.88. The van der Waals surface area contributed by atoms with E-state index < -0.39 is 5.97 Å². The van der Waals surface area contributed by atoms with Gasteiger partial charge in [-0.05, 0) is 47.2 Å². The molecule has 1 N–H and O–H groups in total. The van der Waals surface area contributed by atoms with Crippen molar-refractivity contribution in [1.29, 1.82) is 0 Å². The van der Waals surface area contributed by atoms with Crippen LogP contribution in [0.1, 0.15) is 21.5 Å². The predicted molar refractivity (Wildman–Crippen MR) is 58.8 cm³/mol. The van der Waals surface area contributed by atoms with Gasteiger partial charge < -0.3 is 5.11 Å². The van der Waals surface area contributed by atoms with Crippen LogP contribution in [0.15, 0.2) is 12.1 Å². The first-order valence-corrected chi connectivity index (χ1v) is 4.64. The Labute approximate surface area is 90.1 Å². The Kier molecular flexibility index (Phi) is 2.94. The van der Waals surface area contributed by atoms with Crippen LogP contribution >= 0.6 is 22.6 Å². The van der Waals surface area contributed by atoms with E-state index in [0.29, 0.717) is 5.56 Å². The van der Waals surface area contributed by atoms with Crippen molar-refractivity contribution in [2.24, 2.45) is 0 Å². The first-order chi connectivity index (χ1) is 6.06. The van der Waals surface area contributed by atoms with Gasteiger partial charge in [-0.1, -0.05) is 5.92 Å². The summed E-state index contributed by atoms with van der Waals surface area (Å²) in [6, 6.07) is 3.12. The van der Waals surface area contributed by atoms with Gasteiger partial charge in [-0.3, -0.25) is 0 Å². The van der Waals surface area contributed by atoms with Gasteiger partial charge in [0, 0.05) is 9.13 Å². The fourth-order valence-electron chi connectivity index (χ4n) is 0.952. The molecule has 0 bridgehead atoms. The largest absolute Gasteiger partial charge is 0.478 e. The average molecular weight is 286 g/mol. The normalized spacial score (nSPS) is 9.31. The molecule has 0 atom stereocenters. The number of terminal acetylenes is 1. The molecule has 1 aromatic carbocycles. The van der Waals surface area contributed by atoms with Gasteiger partial charge in [0.1, 0.15) is 0 Å². The van der Waals surface area contributed by atoms with E-state index in [2.05, 4.69) is 28.5 Å². The van der Waals surface area contributed by atoms with Gasteiger partial charge in [0.05, 0.1) is 5.56 Å². The zero-order chi connectivity index (χ0) is 10.0. The molecule has 0 fully saturated rings. The number of hydrogen-bond donors (Lipinski definition) is 1. The third-order valence-corrected chi connectivity index (χ3v) is 2.87. The molecule has 3 heteroatoms. The van der Waals surface area contributed by atoms with Gasteiger partial charge in [0.2, 0.25) is 0 Å². The molecule has 1 rings (SSSR count). The number of hydrogen-bond acceptors (Lipinski definition) is 1. The fourth-order valence-corrected chi connectivity index (χ4v) is 1.58. The second kappa shape index (κ2) is 3.79. The lowest BCUT2D eigenvalue weighted by Gasteiger charge is -2.03. The van der Waals surface area contributed by atoms with Crippen molar-refractivity contribution >= 4 is 28.6 Å². The highest BCUT2D eigenvalue weighted by molar-refractivity contribution is 14.1. The third kappa shape index (κ3) is 2.01. The Morgan fingerprint density at radius 3 is 2.69 bits per heavy atom. The summed E-state index contributed by atoms with van der Waals surface area (Å²) in [5.41, 5.74) is 1.83. The van der Waals surface area contributed by atoms with E-state index in [4.69, 9.17) is 11.5 Å². The molecule has 2 nitrogen and oxygen atoms in total. The molecule has 0 aliphatic rings. The van der Waals surface area contributed by atoms with Crippen LogP contribution < -0.4 is 0 Å². The average Bonchev–Trinajstić information content (AvgIpc) is 2.09. The predicted octanol–water partition coefficient (Wildman–Crippen LogP) is 2.28. The molecule has 0 saturated carbocycles. The molecule has 13 heavy (non-hydrogen) atoms. The molecule has 0 aliphatic heterocycles. The first-order valence-electron chi connectivity index (χ1n) is 3.56. The summed E-state index contributed by atoms with van der Waals surface area (Å²) in [5, 5.41) is 8.75. The van der Waals surface area contributed by atoms with Crippen LogP contribution in [0.4, 0.5) is 0 Å². The lowest BCUT2D eigenvalue weighted by atomic mass is 10.1. The van der Waals surface area contributed by atoms with Crippen molar-refractivity contribution in [3.05, 3.63) is 32.4 Å². The lowest BCUT2D eigenvalue weighted by Crippen LogP contribution is -1.99. The Bertz CT molecular complexity index is 402. The highest BCUT2D eigenvalue weighted by Gasteiger charge is 2.08. The van der Waals surface area contributed by atoms with E-state index >= 15 is 0 Å². The monoisotopic (exact) mass is 286 g/mol. The van der Waals surface area contributed by atoms with Crippen LogP contribution in [0.5, 0.6) is 0 Å². The maximum Gasteiger partial charge on any atom is 0.335 e. The van der Waals surface area contributed by atoms with Crippen molar-refractivity contribution in [2.75, 3.05) is 0 Å². The number of carbonyl (C=O) groups is 1. The molecule has 0 saturated heterocycles. The smallest absolute Gasteiger partial charge is 0.335 e. The third-order valence-electron chi connectivity index (χ3n) is 1.75. The molecule has 1 aromatic rings. The molecular formula is C10H7IO2. The number of aromatic carboxylic acids is 1. The SMILES string of the molecule is C#Cc1cc(C(=O)O)cc(I)c1C. The second-order valence-electron chi connectivity index (χ2n) is 2.58. The highest BCUT2D eigenvalue weighted by atomic mass is 127. The lowest BCUT2D eigenvalue weighted by molar-refractivity contribution is 0.0697. The minimum absolute atomic E-state index is 0.239. The van der Waals surface area contributed by atoms with Gasteiger partial charge in [0.25, 0.3) is 0 Å². The maximum atomic E-state index is 10.7. The van der Waals surface area contributed by atoms with Gasteiger partial charge in [-0.15, -0.1) is 6.42 Å². The van der Waals surface area contributed by atoms with Gasteiger partial charge in [0.15, 0.2) is 0 Å². The second-order valence-corrected chi connectivity index (χ2v) is 3.74. The van der Waals surface area contributed by atoms with Crippen LogP contribution in [-0.4, -0.2) is 11.1 Å². The molecular weight excluding hydrogens is 279 g/mol. The maximum absolute atomic E-state index is 10.7. The number of rotatable bonds is 1. The molecule has 0 aromatic heterocycles. The van der Waals surface area contributed by atoms with E-state index in [9.17, 15) is 4.79 Å². The van der Waals surface area contributed by atoms with E-state index in [1.807, 2.05) is 6.92 Å². The Hall–Kier alpha value is -1.02. The van der Waals surface area contributed by atoms with Gasteiger partial charge in [-0.2, -0.15) is 0 Å². The summed E-state index contributed by atoms with van der Waals surface area (Å²) < 4.78 is 0.880. The van der Waals surface area contributed by atoms with Crippen molar-refractivity contribution in [3.8, 4) is 12.3 Å². The van der Waals surface area contributed by atoms with Crippen molar-refractivity contribution in [3.63, 3.8) is 0 Å². The summed E-state index contributed by atoms with van der Waals surface area (Å²) in [4.78, 5) is 10.7. The zero-order valence-corrected chi connectivity index (χ0v) is 9.12. The summed E-state index contributed by atoms with van der Waals surface area (Å²) in [5.74, 6) is 1.51. The summed E-state index contributed by atoms with van der Waals surface area (Å²) in [7, 11) is 0. The Morgan fingerprint density at radius 1 is 1.62 bits per heavy atom. The summed E-state index contributed by atoms with van der Waals surface area (Å²) in [6.07, 6.45) is 5.24. The topological polar surface area (TPSA) is 37.3 Å². The van der Waals surface area contributed by atoms with Crippen molar-refractivity contribution in [2.45, 2.75) is 6.92 Å². The number of carboxylic acids is 1. The van der Waals surface area contributed by atoms with Gasteiger partial charge in [-0.25, -0.2) is 4.79 Å². The molecule has 0 unspecified atom stereocenters. The number of halogens is 1.